The van der Waals surface area contributed by atoms with Gasteiger partial charge in [0.1, 0.15) is 0 Å². The van der Waals surface area contributed by atoms with Crippen LogP contribution in [0.25, 0.3) is 0 Å². The molecule has 0 aliphatic heterocycles. The Morgan fingerprint density at radius 2 is 1.86 bits per heavy atom. The van der Waals surface area contributed by atoms with Crippen molar-refractivity contribution in [3.63, 3.8) is 0 Å². The minimum absolute atomic E-state index is 0.119. The summed E-state index contributed by atoms with van der Waals surface area (Å²) in [5, 5.41) is 0. The van der Waals surface area contributed by atoms with Crippen molar-refractivity contribution in [3.05, 3.63) is 0 Å². The average molecular weight is 203 g/mol. The highest BCUT2D eigenvalue weighted by Crippen LogP contribution is 2.00. The second-order valence-corrected chi connectivity index (χ2v) is 2.82. The number of methoxy groups -OCH3 is 1. The number of carbonyl (C=O) groups excluding carboxylic acids is 1. The molecule has 0 bridgehead atoms. The predicted molar refractivity (Wildman–Crippen MR) is 60.4 cm³/mol. The van der Waals surface area contributed by atoms with Gasteiger partial charge in [0.15, 0.2) is 0 Å². The highest BCUT2D eigenvalue weighted by Gasteiger charge is 2.12. The van der Waals surface area contributed by atoms with Crippen LogP contribution in [0.4, 0.5) is 0 Å². The van der Waals surface area contributed by atoms with Gasteiger partial charge in [0.05, 0.1) is 6.10 Å². The first-order chi connectivity index (χ1) is 6.65. The van der Waals surface area contributed by atoms with Crippen molar-refractivity contribution in [2.45, 2.75) is 47.1 Å². The number of likely N-dealkylation sites (N-methyl/N-ethyl adjacent to an activating group) is 1. The number of nitrogens with zero attached hydrogens (tertiary/aromatic N) is 1. The van der Waals surface area contributed by atoms with Crippen LogP contribution in [0.2, 0.25) is 0 Å². The molecular formula is C11H25NO2. The Bertz CT molecular complexity index is 133. The van der Waals surface area contributed by atoms with E-state index in [0.717, 1.165) is 13.0 Å². The third-order valence-corrected chi connectivity index (χ3v) is 2.04. The van der Waals surface area contributed by atoms with Crippen LogP contribution in [0, 0.1) is 0 Å². The van der Waals surface area contributed by atoms with Crippen molar-refractivity contribution in [1.29, 1.82) is 0 Å². The SMILES string of the molecule is CC.CCC(CN(CC)C(C)=O)OC. The molecule has 14 heavy (non-hydrogen) atoms. The van der Waals surface area contributed by atoms with E-state index < -0.39 is 0 Å². The number of amides is 1. The third kappa shape index (κ3) is 6.89. The van der Waals surface area contributed by atoms with Crippen LogP contribution in [0.15, 0.2) is 0 Å². The first-order valence-corrected chi connectivity index (χ1v) is 5.43. The van der Waals surface area contributed by atoms with Gasteiger partial charge in [-0.2, -0.15) is 0 Å². The van der Waals surface area contributed by atoms with E-state index in [2.05, 4.69) is 6.92 Å². The predicted octanol–water partition coefficient (Wildman–Crippen LogP) is 2.31. The summed E-state index contributed by atoms with van der Waals surface area (Å²) < 4.78 is 5.19. The molecule has 0 N–H and O–H groups in total. The summed E-state index contributed by atoms with van der Waals surface area (Å²) >= 11 is 0. The zero-order valence-electron chi connectivity index (χ0n) is 10.5. The molecule has 0 aromatic carbocycles. The summed E-state index contributed by atoms with van der Waals surface area (Å²) in [4.78, 5) is 12.8. The Hall–Kier alpha value is -0.570. The van der Waals surface area contributed by atoms with Gasteiger partial charge in [-0.15, -0.1) is 0 Å². The van der Waals surface area contributed by atoms with Gasteiger partial charge in [-0.05, 0) is 13.3 Å². The van der Waals surface area contributed by atoms with Crippen LogP contribution in [-0.4, -0.2) is 37.1 Å². The molecule has 0 rings (SSSR count). The van der Waals surface area contributed by atoms with Gasteiger partial charge < -0.3 is 9.64 Å². The first-order valence-electron chi connectivity index (χ1n) is 5.43. The summed E-state index contributed by atoms with van der Waals surface area (Å²) in [6.07, 6.45) is 1.12. The molecule has 0 saturated heterocycles. The zero-order chi connectivity index (χ0) is 11.6. The Kier molecular flexibility index (Phi) is 11.9. The van der Waals surface area contributed by atoms with Crippen molar-refractivity contribution in [3.8, 4) is 0 Å². The van der Waals surface area contributed by atoms with Gasteiger partial charge in [-0.1, -0.05) is 20.8 Å². The van der Waals surface area contributed by atoms with Gasteiger partial charge in [-0.3, -0.25) is 4.79 Å². The number of rotatable bonds is 5. The molecule has 86 valence electrons. The van der Waals surface area contributed by atoms with Crippen LogP contribution in [0.3, 0.4) is 0 Å². The van der Waals surface area contributed by atoms with E-state index in [-0.39, 0.29) is 12.0 Å². The molecule has 3 heteroatoms. The van der Waals surface area contributed by atoms with Gasteiger partial charge >= 0.3 is 0 Å². The number of hydrogen-bond acceptors (Lipinski definition) is 2. The molecule has 0 aromatic rings. The summed E-state index contributed by atoms with van der Waals surface area (Å²) in [5.41, 5.74) is 0. The fraction of sp³-hybridized carbons (Fsp3) is 0.909. The van der Waals surface area contributed by atoms with E-state index in [1.165, 1.54) is 0 Å². The Morgan fingerprint density at radius 3 is 2.07 bits per heavy atom. The van der Waals surface area contributed by atoms with E-state index in [1.54, 1.807) is 18.9 Å². The third-order valence-electron chi connectivity index (χ3n) is 2.04. The largest absolute Gasteiger partial charge is 0.380 e. The second kappa shape index (κ2) is 10.5. The van der Waals surface area contributed by atoms with Crippen LogP contribution in [0.5, 0.6) is 0 Å². The molecule has 1 atom stereocenters. The summed E-state index contributed by atoms with van der Waals surface area (Å²) in [6, 6.07) is 0. The van der Waals surface area contributed by atoms with Gasteiger partial charge in [0.25, 0.3) is 0 Å². The maximum Gasteiger partial charge on any atom is 0.219 e. The molecule has 0 aliphatic rings. The van der Waals surface area contributed by atoms with E-state index in [0.29, 0.717) is 6.54 Å². The molecule has 0 aromatic heterocycles. The van der Waals surface area contributed by atoms with Crippen LogP contribution < -0.4 is 0 Å². The number of carbonyl (C=O) groups is 1. The molecule has 0 spiro atoms. The number of ether oxygens (including phenoxy) is 1. The topological polar surface area (TPSA) is 29.5 Å². The maximum atomic E-state index is 11.0. The van der Waals surface area contributed by atoms with E-state index in [9.17, 15) is 4.79 Å². The first kappa shape index (κ1) is 15.9. The Balaban J connectivity index is 0. The minimum atomic E-state index is 0.119. The van der Waals surface area contributed by atoms with Crippen LogP contribution in [0.1, 0.15) is 41.0 Å². The fourth-order valence-corrected chi connectivity index (χ4v) is 1.10. The molecular weight excluding hydrogens is 178 g/mol. The lowest BCUT2D eigenvalue weighted by Gasteiger charge is -2.23. The molecule has 0 radical (unpaired) electrons. The Morgan fingerprint density at radius 1 is 1.36 bits per heavy atom. The molecule has 1 unspecified atom stereocenters. The smallest absolute Gasteiger partial charge is 0.219 e. The van der Waals surface area contributed by atoms with Crippen LogP contribution >= 0.6 is 0 Å². The van der Waals surface area contributed by atoms with Crippen molar-refractivity contribution < 1.29 is 9.53 Å². The standard InChI is InChI=1S/C9H19NO2.C2H6/c1-5-9(12-4)7-10(6-2)8(3)11;1-2/h9H,5-7H2,1-4H3;1-2H3. The fourth-order valence-electron chi connectivity index (χ4n) is 1.10. The monoisotopic (exact) mass is 203 g/mol. The van der Waals surface area contributed by atoms with E-state index >= 15 is 0 Å². The molecule has 0 saturated carbocycles. The van der Waals surface area contributed by atoms with Crippen molar-refractivity contribution >= 4 is 5.91 Å². The van der Waals surface area contributed by atoms with Crippen molar-refractivity contribution in [1.82, 2.24) is 4.90 Å². The lowest BCUT2D eigenvalue weighted by Crippen LogP contribution is -2.36. The molecule has 3 nitrogen and oxygen atoms in total. The van der Waals surface area contributed by atoms with Crippen LogP contribution in [-0.2, 0) is 9.53 Å². The van der Waals surface area contributed by atoms with E-state index in [1.807, 2.05) is 20.8 Å². The maximum absolute atomic E-state index is 11.0. The van der Waals surface area contributed by atoms with Gasteiger partial charge in [0.2, 0.25) is 5.91 Å². The normalized spacial score (nSPS) is 11.3. The Labute approximate surface area is 88.4 Å². The molecule has 1 amide bonds. The lowest BCUT2D eigenvalue weighted by atomic mass is 10.2. The lowest BCUT2D eigenvalue weighted by molar-refractivity contribution is -0.130. The second-order valence-electron chi connectivity index (χ2n) is 2.82. The average Bonchev–Trinajstić information content (AvgIpc) is 2.22. The molecule has 0 fully saturated rings. The quantitative estimate of drug-likeness (QED) is 0.686. The van der Waals surface area contributed by atoms with Crippen molar-refractivity contribution in [2.75, 3.05) is 20.2 Å². The summed E-state index contributed by atoms with van der Waals surface area (Å²) in [7, 11) is 1.68. The number of hydrogen-bond donors (Lipinski definition) is 0. The minimum Gasteiger partial charge on any atom is -0.380 e. The van der Waals surface area contributed by atoms with Gasteiger partial charge in [-0.25, -0.2) is 0 Å². The highest BCUT2D eigenvalue weighted by atomic mass is 16.5. The van der Waals surface area contributed by atoms with Crippen molar-refractivity contribution in [2.24, 2.45) is 0 Å². The zero-order valence-corrected chi connectivity index (χ0v) is 10.5. The molecule has 0 aliphatic carbocycles. The summed E-state index contributed by atoms with van der Waals surface area (Å²) in [6.45, 7) is 11.1. The van der Waals surface area contributed by atoms with Gasteiger partial charge in [0, 0.05) is 27.1 Å². The highest BCUT2D eigenvalue weighted by molar-refractivity contribution is 5.73. The molecule has 0 heterocycles. The summed E-state index contributed by atoms with van der Waals surface area (Å²) in [5.74, 6) is 0.119. The van der Waals surface area contributed by atoms with E-state index in [4.69, 9.17) is 4.74 Å².